The SMILES string of the molecule is Cc1cc(CNNC(=O)OC(C)(C)C)ccc1F. The van der Waals surface area contributed by atoms with Crippen molar-refractivity contribution in [3.05, 3.63) is 35.1 Å². The van der Waals surface area contributed by atoms with Crippen molar-refractivity contribution in [1.29, 1.82) is 0 Å². The Morgan fingerprint density at radius 3 is 2.61 bits per heavy atom. The number of amides is 1. The van der Waals surface area contributed by atoms with Gasteiger partial charge in [-0.05, 0) is 44.9 Å². The van der Waals surface area contributed by atoms with Gasteiger partial charge in [-0.25, -0.2) is 14.6 Å². The third-order valence-corrected chi connectivity index (χ3v) is 2.10. The molecular formula is C13H19FN2O2. The molecule has 0 aromatic heterocycles. The summed E-state index contributed by atoms with van der Waals surface area (Å²) in [6.45, 7) is 7.46. The summed E-state index contributed by atoms with van der Waals surface area (Å²) in [5, 5.41) is 0. The predicted molar refractivity (Wildman–Crippen MR) is 67.3 cm³/mol. The molecular weight excluding hydrogens is 235 g/mol. The van der Waals surface area contributed by atoms with Crippen LogP contribution in [-0.4, -0.2) is 11.7 Å². The summed E-state index contributed by atoms with van der Waals surface area (Å²) >= 11 is 0. The molecule has 1 aromatic rings. The van der Waals surface area contributed by atoms with E-state index in [0.29, 0.717) is 12.1 Å². The lowest BCUT2D eigenvalue weighted by atomic mass is 10.1. The van der Waals surface area contributed by atoms with Crippen molar-refractivity contribution in [1.82, 2.24) is 10.9 Å². The molecule has 1 amide bonds. The number of carbonyl (C=O) groups is 1. The third kappa shape index (κ3) is 5.14. The summed E-state index contributed by atoms with van der Waals surface area (Å²) in [5.41, 5.74) is 6.07. The van der Waals surface area contributed by atoms with Crippen LogP contribution in [0.25, 0.3) is 0 Å². The predicted octanol–water partition coefficient (Wildman–Crippen LogP) is 2.66. The molecule has 18 heavy (non-hydrogen) atoms. The Kier molecular flexibility index (Phi) is 4.67. The van der Waals surface area contributed by atoms with Crippen LogP contribution in [0.3, 0.4) is 0 Å². The van der Waals surface area contributed by atoms with Crippen molar-refractivity contribution in [2.24, 2.45) is 0 Å². The van der Waals surface area contributed by atoms with E-state index in [2.05, 4.69) is 10.9 Å². The standard InChI is InChI=1S/C13H19FN2O2/c1-9-7-10(5-6-11(9)14)8-15-16-12(17)18-13(2,3)4/h5-7,15H,8H2,1-4H3,(H,16,17). The van der Waals surface area contributed by atoms with Gasteiger partial charge in [-0.1, -0.05) is 12.1 Å². The Hall–Kier alpha value is -1.62. The molecule has 0 spiro atoms. The second-order valence-corrected chi connectivity index (χ2v) is 5.06. The zero-order valence-electron chi connectivity index (χ0n) is 11.1. The van der Waals surface area contributed by atoms with E-state index in [4.69, 9.17) is 4.74 Å². The molecule has 0 unspecified atom stereocenters. The second kappa shape index (κ2) is 5.82. The van der Waals surface area contributed by atoms with E-state index in [1.165, 1.54) is 6.07 Å². The number of hydrogen-bond acceptors (Lipinski definition) is 3. The van der Waals surface area contributed by atoms with Gasteiger partial charge in [0, 0.05) is 6.54 Å². The summed E-state index contributed by atoms with van der Waals surface area (Å²) < 4.78 is 18.1. The van der Waals surface area contributed by atoms with E-state index >= 15 is 0 Å². The van der Waals surface area contributed by atoms with Gasteiger partial charge in [-0.15, -0.1) is 0 Å². The molecule has 0 aliphatic carbocycles. The molecule has 0 bridgehead atoms. The normalized spacial score (nSPS) is 11.2. The van der Waals surface area contributed by atoms with E-state index in [-0.39, 0.29) is 5.82 Å². The summed E-state index contributed by atoms with van der Waals surface area (Å²) in [6.07, 6.45) is -0.540. The zero-order valence-corrected chi connectivity index (χ0v) is 11.1. The van der Waals surface area contributed by atoms with Crippen LogP contribution in [-0.2, 0) is 11.3 Å². The monoisotopic (exact) mass is 254 g/mol. The van der Waals surface area contributed by atoms with E-state index in [9.17, 15) is 9.18 Å². The molecule has 0 atom stereocenters. The molecule has 4 nitrogen and oxygen atoms in total. The first-order chi connectivity index (χ1) is 8.28. The number of carbonyl (C=O) groups excluding carboxylic acids is 1. The fraction of sp³-hybridized carbons (Fsp3) is 0.462. The van der Waals surface area contributed by atoms with Gasteiger partial charge in [0.1, 0.15) is 11.4 Å². The number of hydrazine groups is 1. The molecule has 0 fully saturated rings. The van der Waals surface area contributed by atoms with Gasteiger partial charge < -0.3 is 4.74 Å². The van der Waals surface area contributed by atoms with Crippen LogP contribution in [0.4, 0.5) is 9.18 Å². The molecule has 0 radical (unpaired) electrons. The molecule has 100 valence electrons. The van der Waals surface area contributed by atoms with Crippen molar-refractivity contribution in [3.63, 3.8) is 0 Å². The van der Waals surface area contributed by atoms with Crippen LogP contribution in [0.2, 0.25) is 0 Å². The Labute approximate surface area is 106 Å². The molecule has 0 heterocycles. The maximum Gasteiger partial charge on any atom is 0.422 e. The minimum absolute atomic E-state index is 0.237. The molecule has 1 rings (SSSR count). The Morgan fingerprint density at radius 2 is 2.06 bits per heavy atom. The number of ether oxygens (including phenoxy) is 1. The summed E-state index contributed by atoms with van der Waals surface area (Å²) in [7, 11) is 0. The van der Waals surface area contributed by atoms with Crippen LogP contribution in [0, 0.1) is 12.7 Å². The minimum Gasteiger partial charge on any atom is -0.443 e. The number of aryl methyl sites for hydroxylation is 1. The van der Waals surface area contributed by atoms with E-state index in [1.54, 1.807) is 39.8 Å². The second-order valence-electron chi connectivity index (χ2n) is 5.06. The Morgan fingerprint density at radius 1 is 1.39 bits per heavy atom. The quantitative estimate of drug-likeness (QED) is 0.815. The van der Waals surface area contributed by atoms with Crippen molar-refractivity contribution in [2.45, 2.75) is 39.8 Å². The summed E-state index contributed by atoms with van der Waals surface area (Å²) in [4.78, 5) is 11.3. The van der Waals surface area contributed by atoms with Gasteiger partial charge in [0.2, 0.25) is 0 Å². The lowest BCUT2D eigenvalue weighted by molar-refractivity contribution is 0.0497. The van der Waals surface area contributed by atoms with Crippen molar-refractivity contribution < 1.29 is 13.9 Å². The van der Waals surface area contributed by atoms with Gasteiger partial charge in [-0.2, -0.15) is 0 Å². The molecule has 0 saturated heterocycles. The molecule has 0 saturated carbocycles. The fourth-order valence-electron chi connectivity index (χ4n) is 1.34. The highest BCUT2D eigenvalue weighted by Crippen LogP contribution is 2.09. The smallest absolute Gasteiger partial charge is 0.422 e. The van der Waals surface area contributed by atoms with E-state index in [0.717, 1.165) is 5.56 Å². The molecule has 5 heteroatoms. The van der Waals surface area contributed by atoms with Crippen molar-refractivity contribution in [3.8, 4) is 0 Å². The van der Waals surface area contributed by atoms with Crippen LogP contribution >= 0.6 is 0 Å². The lowest BCUT2D eigenvalue weighted by Gasteiger charge is -2.19. The average molecular weight is 254 g/mol. The largest absolute Gasteiger partial charge is 0.443 e. The topological polar surface area (TPSA) is 50.4 Å². The first-order valence-electron chi connectivity index (χ1n) is 5.75. The molecule has 2 N–H and O–H groups in total. The van der Waals surface area contributed by atoms with Gasteiger partial charge >= 0.3 is 6.09 Å². The van der Waals surface area contributed by atoms with Gasteiger partial charge in [0.05, 0.1) is 0 Å². The number of nitrogens with one attached hydrogen (secondary N) is 2. The maximum atomic E-state index is 13.0. The lowest BCUT2D eigenvalue weighted by Crippen LogP contribution is -2.40. The highest BCUT2D eigenvalue weighted by atomic mass is 19.1. The molecule has 1 aromatic carbocycles. The van der Waals surface area contributed by atoms with Crippen LogP contribution in [0.15, 0.2) is 18.2 Å². The summed E-state index contributed by atoms with van der Waals surface area (Å²) in [5.74, 6) is -0.237. The number of rotatable bonds is 3. The minimum atomic E-state index is -0.540. The number of hydrogen-bond donors (Lipinski definition) is 2. The number of halogens is 1. The van der Waals surface area contributed by atoms with Gasteiger partial charge in [0.15, 0.2) is 0 Å². The van der Waals surface area contributed by atoms with E-state index < -0.39 is 11.7 Å². The Balaban J connectivity index is 2.38. The molecule has 0 aliphatic rings. The number of benzene rings is 1. The van der Waals surface area contributed by atoms with Crippen molar-refractivity contribution >= 4 is 6.09 Å². The van der Waals surface area contributed by atoms with Crippen LogP contribution in [0.5, 0.6) is 0 Å². The summed E-state index contributed by atoms with van der Waals surface area (Å²) in [6, 6.07) is 4.78. The first kappa shape index (κ1) is 14.4. The maximum absolute atomic E-state index is 13.0. The van der Waals surface area contributed by atoms with Crippen LogP contribution < -0.4 is 10.9 Å². The van der Waals surface area contributed by atoms with E-state index in [1.807, 2.05) is 0 Å². The third-order valence-electron chi connectivity index (χ3n) is 2.10. The van der Waals surface area contributed by atoms with Crippen molar-refractivity contribution in [2.75, 3.05) is 0 Å². The average Bonchev–Trinajstić information content (AvgIpc) is 2.20. The van der Waals surface area contributed by atoms with Crippen LogP contribution in [0.1, 0.15) is 31.9 Å². The highest BCUT2D eigenvalue weighted by Gasteiger charge is 2.15. The van der Waals surface area contributed by atoms with Gasteiger partial charge in [-0.3, -0.25) is 5.43 Å². The highest BCUT2D eigenvalue weighted by molar-refractivity contribution is 5.66. The first-order valence-corrected chi connectivity index (χ1v) is 5.75. The Bertz CT molecular complexity index is 427. The fourth-order valence-corrected chi connectivity index (χ4v) is 1.34. The zero-order chi connectivity index (χ0) is 13.8. The molecule has 0 aliphatic heterocycles. The van der Waals surface area contributed by atoms with Gasteiger partial charge in [0.25, 0.3) is 0 Å².